The quantitative estimate of drug-likeness (QED) is 0.0532. The van der Waals surface area contributed by atoms with Gasteiger partial charge in [0.2, 0.25) is 5.91 Å². The van der Waals surface area contributed by atoms with Crippen LogP contribution in [0, 0.1) is 0 Å². The van der Waals surface area contributed by atoms with Gasteiger partial charge in [0.1, 0.15) is 0 Å². The molecule has 0 aromatic heterocycles. The Labute approximate surface area is 486 Å². The van der Waals surface area contributed by atoms with Crippen molar-refractivity contribution < 1.29 is 15.0 Å². The Morgan fingerprint density at radius 1 is 0.260 bits per heavy atom. The van der Waals surface area contributed by atoms with E-state index in [1.807, 2.05) is 0 Å². The molecule has 0 heterocycles. The lowest BCUT2D eigenvalue weighted by Crippen LogP contribution is -2.45. The molecule has 2 atom stereocenters. The lowest BCUT2D eigenvalue weighted by atomic mass is 10.0. The summed E-state index contributed by atoms with van der Waals surface area (Å²) in [7, 11) is 0. The van der Waals surface area contributed by atoms with Gasteiger partial charge in [-0.3, -0.25) is 4.79 Å². The van der Waals surface area contributed by atoms with E-state index >= 15 is 0 Å². The van der Waals surface area contributed by atoms with Crippen molar-refractivity contribution in [3.63, 3.8) is 0 Å². The third-order valence-electron chi connectivity index (χ3n) is 17.9. The molecule has 0 saturated heterocycles. The van der Waals surface area contributed by atoms with Gasteiger partial charge in [-0.05, 0) is 12.8 Å². The summed E-state index contributed by atoms with van der Waals surface area (Å²) in [5.74, 6) is -0.0186. The molecule has 0 saturated carbocycles. The number of hydrogen-bond donors (Lipinski definition) is 3. The Kier molecular flexibility index (Phi) is 69.1. The zero-order valence-electron chi connectivity index (χ0n) is 53.5. The molecule has 0 bridgehead atoms. The number of aliphatic hydroxyl groups is 2. The van der Waals surface area contributed by atoms with E-state index in [1.165, 1.54) is 392 Å². The summed E-state index contributed by atoms with van der Waals surface area (Å²) >= 11 is 0. The molecule has 0 aliphatic heterocycles. The summed E-state index contributed by atoms with van der Waals surface area (Å²) < 4.78 is 0. The predicted molar refractivity (Wildman–Crippen MR) is 346 cm³/mol. The number of nitrogens with one attached hydrogen (secondary N) is 1. The van der Waals surface area contributed by atoms with E-state index in [0.717, 1.165) is 25.7 Å². The van der Waals surface area contributed by atoms with Gasteiger partial charge in [0, 0.05) is 6.42 Å². The van der Waals surface area contributed by atoms with Crippen LogP contribution in [-0.2, 0) is 4.79 Å². The third kappa shape index (κ3) is 66.1. The van der Waals surface area contributed by atoms with E-state index in [1.54, 1.807) is 0 Å². The average Bonchev–Trinajstić information content (AvgIpc) is 3.43. The lowest BCUT2D eigenvalue weighted by Gasteiger charge is -2.22. The molecule has 0 aliphatic carbocycles. The van der Waals surface area contributed by atoms with Crippen LogP contribution in [0.15, 0.2) is 0 Å². The molecule has 0 aromatic carbocycles. The van der Waals surface area contributed by atoms with Crippen molar-refractivity contribution in [2.45, 2.75) is 456 Å². The highest BCUT2D eigenvalue weighted by molar-refractivity contribution is 5.76. The number of hydrogen-bond acceptors (Lipinski definition) is 3. The van der Waals surface area contributed by atoms with Gasteiger partial charge in [0.05, 0.1) is 18.8 Å². The molecule has 0 spiro atoms. The first-order valence-electron chi connectivity index (χ1n) is 36.7. The van der Waals surface area contributed by atoms with E-state index in [2.05, 4.69) is 19.2 Å². The molecule has 0 fully saturated rings. The van der Waals surface area contributed by atoms with Crippen molar-refractivity contribution in [1.82, 2.24) is 5.32 Å². The smallest absolute Gasteiger partial charge is 0.220 e. The van der Waals surface area contributed by atoms with Gasteiger partial charge in [-0.25, -0.2) is 0 Å². The molecule has 1 amide bonds. The molecule has 0 radical (unpaired) electrons. The number of carbonyl (C=O) groups excluding carboxylic acids is 1. The topological polar surface area (TPSA) is 69.6 Å². The first kappa shape index (κ1) is 76.4. The van der Waals surface area contributed by atoms with E-state index in [9.17, 15) is 15.0 Å². The largest absolute Gasteiger partial charge is 0.394 e. The molecule has 0 aromatic rings. The first-order chi connectivity index (χ1) is 38.2. The molecular weight excluding hydrogens is 939 g/mol. The maximum absolute atomic E-state index is 12.6. The van der Waals surface area contributed by atoms with Crippen molar-refractivity contribution in [3.05, 3.63) is 0 Å². The molecule has 4 nitrogen and oxygen atoms in total. The van der Waals surface area contributed by atoms with Crippen LogP contribution >= 0.6 is 0 Å². The number of rotatable bonds is 70. The zero-order chi connectivity index (χ0) is 55.5. The van der Waals surface area contributed by atoms with Crippen LogP contribution in [-0.4, -0.2) is 34.9 Å². The number of unbranched alkanes of at least 4 members (excludes halogenated alkanes) is 63. The van der Waals surface area contributed by atoms with Gasteiger partial charge < -0.3 is 15.5 Å². The minimum Gasteiger partial charge on any atom is -0.394 e. The molecule has 0 rings (SSSR count). The second kappa shape index (κ2) is 69.7. The third-order valence-corrected chi connectivity index (χ3v) is 17.9. The number of carbonyl (C=O) groups is 1. The Morgan fingerprint density at radius 2 is 0.416 bits per heavy atom. The van der Waals surface area contributed by atoms with E-state index < -0.39 is 12.1 Å². The highest BCUT2D eigenvalue weighted by atomic mass is 16.3. The predicted octanol–water partition coefficient (Wildman–Crippen LogP) is 25.0. The Morgan fingerprint density at radius 3 is 0.584 bits per heavy atom. The first-order valence-corrected chi connectivity index (χ1v) is 36.7. The molecular formula is C73H147NO3. The van der Waals surface area contributed by atoms with Gasteiger partial charge in [0.25, 0.3) is 0 Å². The minimum absolute atomic E-state index is 0.0186. The summed E-state index contributed by atoms with van der Waals surface area (Å²) in [6.45, 7) is 4.42. The Bertz CT molecular complexity index is 1050. The van der Waals surface area contributed by atoms with Crippen molar-refractivity contribution in [1.29, 1.82) is 0 Å². The van der Waals surface area contributed by atoms with Crippen molar-refractivity contribution in [2.24, 2.45) is 0 Å². The second-order valence-corrected chi connectivity index (χ2v) is 25.7. The van der Waals surface area contributed by atoms with Crippen LogP contribution in [0.25, 0.3) is 0 Å². The highest BCUT2D eigenvalue weighted by Crippen LogP contribution is 2.20. The van der Waals surface area contributed by atoms with Crippen molar-refractivity contribution in [2.75, 3.05) is 6.61 Å². The molecule has 3 N–H and O–H groups in total. The lowest BCUT2D eigenvalue weighted by molar-refractivity contribution is -0.123. The summed E-state index contributed by atoms with van der Waals surface area (Å²) in [4.78, 5) is 12.6. The van der Waals surface area contributed by atoms with Crippen molar-refractivity contribution >= 4 is 5.91 Å². The minimum atomic E-state index is -0.657. The Balaban J connectivity index is 3.34. The summed E-state index contributed by atoms with van der Waals surface area (Å²) in [6, 6.07) is -0.533. The Hall–Kier alpha value is -0.610. The van der Waals surface area contributed by atoms with Gasteiger partial charge in [0.15, 0.2) is 0 Å². The summed E-state index contributed by atoms with van der Waals surface area (Å²) in [6.07, 6.45) is 91.9. The van der Waals surface area contributed by atoms with Crippen LogP contribution in [0.1, 0.15) is 444 Å². The highest BCUT2D eigenvalue weighted by Gasteiger charge is 2.20. The SMILES string of the molecule is CCCCCCCCCCCCCCCCCCCCCCCCCCCCCCCCCCCC(=O)NC(CO)C(O)CCCCCCCCCCCCCCCCCCCCCCCCCCCCCCCCCC. The van der Waals surface area contributed by atoms with Crippen LogP contribution < -0.4 is 5.32 Å². The molecule has 77 heavy (non-hydrogen) atoms. The van der Waals surface area contributed by atoms with Crippen LogP contribution in [0.2, 0.25) is 0 Å². The van der Waals surface area contributed by atoms with E-state index in [4.69, 9.17) is 0 Å². The standard InChI is InChI=1S/C73H147NO3/c1-3-5-7-9-11-13-15-17-19-21-23-25-27-29-31-33-35-37-39-41-43-45-47-49-51-53-55-57-59-61-63-65-67-69-73(77)74-71(70-75)72(76)68-66-64-62-60-58-56-54-52-50-48-46-44-42-40-38-36-34-32-30-28-26-24-22-20-18-16-14-12-10-8-6-4-2/h71-72,75-76H,3-70H2,1-2H3,(H,74,77). The molecule has 4 heteroatoms. The maximum Gasteiger partial charge on any atom is 0.220 e. The van der Waals surface area contributed by atoms with Gasteiger partial charge >= 0.3 is 0 Å². The monoisotopic (exact) mass is 1090 g/mol. The fourth-order valence-electron chi connectivity index (χ4n) is 12.3. The van der Waals surface area contributed by atoms with E-state index in [-0.39, 0.29) is 12.5 Å². The van der Waals surface area contributed by atoms with Crippen molar-refractivity contribution in [3.8, 4) is 0 Å². The number of aliphatic hydroxyl groups excluding tert-OH is 2. The second-order valence-electron chi connectivity index (χ2n) is 25.7. The fourth-order valence-corrected chi connectivity index (χ4v) is 12.3. The van der Waals surface area contributed by atoms with Gasteiger partial charge in [-0.2, -0.15) is 0 Å². The van der Waals surface area contributed by atoms with Crippen LogP contribution in [0.4, 0.5) is 0 Å². The fraction of sp³-hybridized carbons (Fsp3) is 0.986. The molecule has 462 valence electrons. The maximum atomic E-state index is 12.6. The van der Waals surface area contributed by atoms with Crippen LogP contribution in [0.5, 0.6) is 0 Å². The summed E-state index contributed by atoms with van der Waals surface area (Å²) in [5.41, 5.74) is 0. The molecule has 0 aliphatic rings. The zero-order valence-corrected chi connectivity index (χ0v) is 53.5. The molecule has 2 unspecified atom stereocenters. The summed E-state index contributed by atoms with van der Waals surface area (Å²) in [5, 5.41) is 23.5. The van der Waals surface area contributed by atoms with E-state index in [0.29, 0.717) is 12.8 Å². The van der Waals surface area contributed by atoms with Gasteiger partial charge in [-0.1, -0.05) is 425 Å². The normalized spacial score (nSPS) is 12.5. The van der Waals surface area contributed by atoms with Crippen LogP contribution in [0.3, 0.4) is 0 Å². The van der Waals surface area contributed by atoms with Gasteiger partial charge in [-0.15, -0.1) is 0 Å². The number of amides is 1. The average molecular weight is 1090 g/mol.